The number of carbonyl (C=O) groups is 1. The largest absolute Gasteiger partial charge is 0.469 e. The summed E-state index contributed by atoms with van der Waals surface area (Å²) in [5.74, 6) is 0.320. The highest BCUT2D eigenvalue weighted by Crippen LogP contribution is 2.23. The number of esters is 1. The van der Waals surface area contributed by atoms with Gasteiger partial charge in [0.05, 0.1) is 12.9 Å². The zero-order valence-corrected chi connectivity index (χ0v) is 12.7. The quantitative estimate of drug-likeness (QED) is 0.598. The Morgan fingerprint density at radius 3 is 2.68 bits per heavy atom. The Balaban J connectivity index is 2.34. The molecule has 112 valence electrons. The summed E-state index contributed by atoms with van der Waals surface area (Å²) < 4.78 is 31.1. The van der Waals surface area contributed by atoms with Crippen LogP contribution in [0.1, 0.15) is 51.9 Å². The third kappa shape index (κ3) is 6.92. The number of hydrogen-bond donors (Lipinski definition) is 1. The molecule has 0 saturated heterocycles. The van der Waals surface area contributed by atoms with E-state index in [4.69, 9.17) is 0 Å². The van der Waals surface area contributed by atoms with Crippen molar-refractivity contribution in [3.63, 3.8) is 0 Å². The summed E-state index contributed by atoms with van der Waals surface area (Å²) in [6.45, 7) is 2.22. The minimum Gasteiger partial charge on any atom is -0.469 e. The molecular formula is C13H25NO4S. The van der Waals surface area contributed by atoms with Crippen LogP contribution in [0.3, 0.4) is 0 Å². The van der Waals surface area contributed by atoms with E-state index in [0.29, 0.717) is 12.3 Å². The van der Waals surface area contributed by atoms with Crippen molar-refractivity contribution in [1.29, 1.82) is 0 Å². The maximum Gasteiger partial charge on any atom is 0.305 e. The fourth-order valence-corrected chi connectivity index (χ4v) is 3.81. The minimum atomic E-state index is -3.28. The topological polar surface area (TPSA) is 72.5 Å². The Bertz CT molecular complexity index is 380. The van der Waals surface area contributed by atoms with E-state index in [9.17, 15) is 13.2 Å². The predicted molar refractivity (Wildman–Crippen MR) is 74.2 cm³/mol. The van der Waals surface area contributed by atoms with Crippen molar-refractivity contribution in [2.75, 3.05) is 12.9 Å². The number of rotatable bonds is 6. The molecule has 0 spiro atoms. The number of ether oxygens (including phenoxy) is 1. The van der Waals surface area contributed by atoms with Crippen LogP contribution in [0.15, 0.2) is 0 Å². The second-order valence-corrected chi connectivity index (χ2v) is 7.30. The molecule has 0 aromatic carbocycles. The number of methoxy groups -OCH3 is 1. The normalized spacial score (nSPS) is 24.7. The third-order valence-electron chi connectivity index (χ3n) is 3.63. The number of carbonyl (C=O) groups excluding carboxylic acids is 1. The van der Waals surface area contributed by atoms with E-state index in [1.165, 1.54) is 13.5 Å². The van der Waals surface area contributed by atoms with E-state index in [2.05, 4.69) is 16.4 Å². The zero-order chi connectivity index (χ0) is 14.3. The molecular weight excluding hydrogens is 266 g/mol. The van der Waals surface area contributed by atoms with Gasteiger partial charge in [-0.25, -0.2) is 13.1 Å². The fourth-order valence-electron chi connectivity index (χ4n) is 2.43. The average molecular weight is 291 g/mol. The second-order valence-electron chi connectivity index (χ2n) is 5.43. The molecule has 1 aliphatic rings. The standard InChI is InChI=1S/C13H25NO4S/c1-11-5-3-6-12(9-8-11)14-19(16,17)10-4-7-13(15)18-2/h11-12,14H,3-10H2,1-2H3. The predicted octanol–water partition coefficient (Wildman–Crippen LogP) is 1.83. The highest BCUT2D eigenvalue weighted by atomic mass is 32.2. The summed E-state index contributed by atoms with van der Waals surface area (Å²) in [7, 11) is -1.97. The maximum absolute atomic E-state index is 11.9. The van der Waals surface area contributed by atoms with Gasteiger partial charge in [0.1, 0.15) is 0 Å². The van der Waals surface area contributed by atoms with Crippen LogP contribution in [0.25, 0.3) is 0 Å². The van der Waals surface area contributed by atoms with Gasteiger partial charge in [-0.2, -0.15) is 0 Å². The molecule has 0 radical (unpaired) electrons. The van der Waals surface area contributed by atoms with Gasteiger partial charge in [-0.1, -0.05) is 19.8 Å². The highest BCUT2D eigenvalue weighted by Gasteiger charge is 2.21. The van der Waals surface area contributed by atoms with Crippen LogP contribution in [0.4, 0.5) is 0 Å². The molecule has 0 bridgehead atoms. The summed E-state index contributed by atoms with van der Waals surface area (Å²) in [5, 5.41) is 0. The van der Waals surface area contributed by atoms with Crippen molar-refractivity contribution in [2.24, 2.45) is 5.92 Å². The summed E-state index contributed by atoms with van der Waals surface area (Å²) >= 11 is 0. The van der Waals surface area contributed by atoms with Gasteiger partial charge in [-0.15, -0.1) is 0 Å². The average Bonchev–Trinajstić information content (AvgIpc) is 2.53. The summed E-state index contributed by atoms with van der Waals surface area (Å²) in [5.41, 5.74) is 0. The van der Waals surface area contributed by atoms with Crippen LogP contribution in [0.2, 0.25) is 0 Å². The van der Waals surface area contributed by atoms with Crippen LogP contribution in [-0.4, -0.2) is 33.3 Å². The molecule has 19 heavy (non-hydrogen) atoms. The van der Waals surface area contributed by atoms with Crippen molar-refractivity contribution >= 4 is 16.0 Å². The fraction of sp³-hybridized carbons (Fsp3) is 0.923. The zero-order valence-electron chi connectivity index (χ0n) is 11.9. The van der Waals surface area contributed by atoms with Crippen molar-refractivity contribution < 1.29 is 17.9 Å². The van der Waals surface area contributed by atoms with Gasteiger partial charge in [0.25, 0.3) is 0 Å². The monoisotopic (exact) mass is 291 g/mol. The summed E-state index contributed by atoms with van der Waals surface area (Å²) in [6.07, 6.45) is 5.63. The van der Waals surface area contributed by atoms with Gasteiger partial charge < -0.3 is 4.74 Å². The van der Waals surface area contributed by atoms with Gasteiger partial charge in [-0.3, -0.25) is 4.79 Å². The lowest BCUT2D eigenvalue weighted by Gasteiger charge is -2.16. The van der Waals surface area contributed by atoms with Crippen molar-refractivity contribution in [2.45, 2.75) is 57.9 Å². The van der Waals surface area contributed by atoms with Gasteiger partial charge in [0, 0.05) is 12.5 Å². The first-order chi connectivity index (χ1) is 8.93. The van der Waals surface area contributed by atoms with Gasteiger partial charge in [0.2, 0.25) is 10.0 Å². The molecule has 1 fully saturated rings. The van der Waals surface area contributed by atoms with E-state index >= 15 is 0 Å². The molecule has 0 amide bonds. The Labute approximate surface area is 116 Å². The summed E-state index contributed by atoms with van der Waals surface area (Å²) in [6, 6.07) is 0.0630. The Kier molecular flexibility index (Phi) is 6.79. The molecule has 0 aromatic heterocycles. The molecule has 0 aromatic rings. The maximum atomic E-state index is 11.9. The van der Waals surface area contributed by atoms with E-state index in [1.807, 2.05) is 0 Å². The van der Waals surface area contributed by atoms with Gasteiger partial charge >= 0.3 is 5.97 Å². The highest BCUT2D eigenvalue weighted by molar-refractivity contribution is 7.89. The Morgan fingerprint density at radius 1 is 1.26 bits per heavy atom. The molecule has 1 saturated carbocycles. The van der Waals surface area contributed by atoms with Gasteiger partial charge in [-0.05, 0) is 31.6 Å². The Morgan fingerprint density at radius 2 is 2.00 bits per heavy atom. The summed E-state index contributed by atoms with van der Waals surface area (Å²) in [4.78, 5) is 10.9. The number of sulfonamides is 1. The van der Waals surface area contributed by atoms with Crippen molar-refractivity contribution in [3.8, 4) is 0 Å². The molecule has 2 atom stereocenters. The lowest BCUT2D eigenvalue weighted by molar-refractivity contribution is -0.140. The lowest BCUT2D eigenvalue weighted by Crippen LogP contribution is -2.36. The molecule has 1 rings (SSSR count). The van der Waals surface area contributed by atoms with Crippen LogP contribution < -0.4 is 4.72 Å². The smallest absolute Gasteiger partial charge is 0.305 e. The SMILES string of the molecule is COC(=O)CCCS(=O)(=O)NC1CCCC(C)CC1. The number of hydrogen-bond acceptors (Lipinski definition) is 4. The molecule has 1 aliphatic carbocycles. The molecule has 0 aliphatic heterocycles. The molecule has 1 N–H and O–H groups in total. The first kappa shape index (κ1) is 16.4. The van der Waals surface area contributed by atoms with Crippen LogP contribution >= 0.6 is 0 Å². The van der Waals surface area contributed by atoms with Crippen molar-refractivity contribution in [3.05, 3.63) is 0 Å². The van der Waals surface area contributed by atoms with E-state index in [0.717, 1.165) is 25.7 Å². The molecule has 5 nitrogen and oxygen atoms in total. The first-order valence-corrected chi connectivity index (χ1v) is 8.65. The van der Waals surface area contributed by atoms with E-state index < -0.39 is 10.0 Å². The van der Waals surface area contributed by atoms with Gasteiger partial charge in [0.15, 0.2) is 0 Å². The second kappa shape index (κ2) is 7.85. The first-order valence-electron chi connectivity index (χ1n) is 7.00. The molecule has 0 heterocycles. The Hall–Kier alpha value is -0.620. The van der Waals surface area contributed by atoms with Crippen LogP contribution in [-0.2, 0) is 19.6 Å². The minimum absolute atomic E-state index is 0.00580. The van der Waals surface area contributed by atoms with E-state index in [1.54, 1.807) is 0 Å². The number of nitrogens with one attached hydrogen (secondary N) is 1. The molecule has 2 unspecified atom stereocenters. The third-order valence-corrected chi connectivity index (χ3v) is 5.14. The van der Waals surface area contributed by atoms with E-state index in [-0.39, 0.29) is 24.2 Å². The van der Waals surface area contributed by atoms with Crippen LogP contribution in [0, 0.1) is 5.92 Å². The molecule has 6 heteroatoms. The van der Waals surface area contributed by atoms with Crippen molar-refractivity contribution in [1.82, 2.24) is 4.72 Å². The van der Waals surface area contributed by atoms with Crippen LogP contribution in [0.5, 0.6) is 0 Å². The lowest BCUT2D eigenvalue weighted by atomic mass is 10.0.